The normalized spacial score (nSPS) is 10.9. The molecule has 30 heavy (non-hydrogen) atoms. The van der Waals surface area contributed by atoms with Crippen LogP contribution in [0.5, 0.6) is 0 Å². The van der Waals surface area contributed by atoms with Crippen LogP contribution < -0.4 is 10.6 Å². The van der Waals surface area contributed by atoms with E-state index in [4.69, 9.17) is 23.2 Å². The molecular weight excluding hydrogens is 425 g/mol. The van der Waals surface area contributed by atoms with E-state index in [0.29, 0.717) is 33.7 Å². The Morgan fingerprint density at radius 3 is 2.63 bits per heavy atom. The van der Waals surface area contributed by atoms with Crippen LogP contribution in [0.4, 0.5) is 5.69 Å². The first-order valence-electron chi connectivity index (χ1n) is 9.05. The summed E-state index contributed by atoms with van der Waals surface area (Å²) in [6.07, 6.45) is 6.02. The Bertz CT molecular complexity index is 1060. The molecule has 154 valence electrons. The Hall–Kier alpha value is -3.16. The van der Waals surface area contributed by atoms with Crippen molar-refractivity contribution in [3.8, 4) is 0 Å². The second kappa shape index (κ2) is 10.0. The van der Waals surface area contributed by atoms with Gasteiger partial charge in [-0.3, -0.25) is 14.6 Å². The molecule has 0 unspecified atom stereocenters. The van der Waals surface area contributed by atoms with E-state index in [2.05, 4.69) is 20.7 Å². The molecule has 0 saturated heterocycles. The number of anilines is 1. The highest BCUT2D eigenvalue weighted by molar-refractivity contribution is 6.31. The predicted molar refractivity (Wildman–Crippen MR) is 117 cm³/mol. The zero-order chi connectivity index (χ0) is 21.5. The van der Waals surface area contributed by atoms with Gasteiger partial charge >= 0.3 is 0 Å². The van der Waals surface area contributed by atoms with E-state index >= 15 is 0 Å². The molecule has 0 radical (unpaired) electrons. The number of amides is 2. The zero-order valence-corrected chi connectivity index (χ0v) is 17.6. The van der Waals surface area contributed by atoms with Gasteiger partial charge in [0.2, 0.25) is 11.8 Å². The number of carbonyl (C=O) groups is 2. The molecule has 0 spiro atoms. The van der Waals surface area contributed by atoms with Crippen molar-refractivity contribution in [3.05, 3.63) is 81.9 Å². The molecule has 2 heterocycles. The van der Waals surface area contributed by atoms with Crippen molar-refractivity contribution in [1.82, 2.24) is 20.1 Å². The van der Waals surface area contributed by atoms with Crippen molar-refractivity contribution in [1.29, 1.82) is 0 Å². The van der Waals surface area contributed by atoms with Crippen LogP contribution in [-0.4, -0.2) is 33.1 Å². The van der Waals surface area contributed by atoms with Crippen molar-refractivity contribution in [3.63, 3.8) is 0 Å². The van der Waals surface area contributed by atoms with Crippen LogP contribution in [0.1, 0.15) is 16.8 Å². The second-order valence-electron chi connectivity index (χ2n) is 6.42. The number of aromatic nitrogens is 3. The summed E-state index contributed by atoms with van der Waals surface area (Å²) in [5, 5.41) is 10.7. The average Bonchev–Trinajstić information content (AvgIpc) is 3.00. The van der Waals surface area contributed by atoms with Crippen LogP contribution in [0, 0.1) is 6.92 Å². The third-order valence-corrected chi connectivity index (χ3v) is 4.78. The van der Waals surface area contributed by atoms with Gasteiger partial charge in [0, 0.05) is 22.9 Å². The standard InChI is InChI=1S/C21H19Cl2N5O2/c1-14-18(21(23)28(27-14)13-15-4-6-16(22)7-5-15)8-9-19(29)25-12-20(30)26-17-3-2-10-24-11-17/h2-11H,12-13H2,1H3,(H,25,29)(H,26,30)/b9-8+. The van der Waals surface area contributed by atoms with Crippen LogP contribution in [0.3, 0.4) is 0 Å². The SMILES string of the molecule is Cc1nn(Cc2ccc(Cl)cc2)c(Cl)c1/C=C/C(=O)NCC(=O)Nc1cccnc1. The first-order chi connectivity index (χ1) is 14.4. The first kappa shape index (κ1) is 21.5. The highest BCUT2D eigenvalue weighted by atomic mass is 35.5. The third-order valence-electron chi connectivity index (χ3n) is 4.12. The largest absolute Gasteiger partial charge is 0.343 e. The van der Waals surface area contributed by atoms with Gasteiger partial charge in [-0.25, -0.2) is 4.68 Å². The molecule has 7 nitrogen and oxygen atoms in total. The Kier molecular flexibility index (Phi) is 7.21. The summed E-state index contributed by atoms with van der Waals surface area (Å²) in [5.74, 6) is -0.771. The zero-order valence-electron chi connectivity index (χ0n) is 16.1. The van der Waals surface area contributed by atoms with Gasteiger partial charge in [0.1, 0.15) is 5.15 Å². The summed E-state index contributed by atoms with van der Waals surface area (Å²) in [7, 11) is 0. The minimum Gasteiger partial charge on any atom is -0.343 e. The third kappa shape index (κ3) is 5.92. The molecule has 9 heteroatoms. The molecule has 0 fully saturated rings. The van der Waals surface area contributed by atoms with E-state index in [1.54, 1.807) is 41.2 Å². The molecule has 2 aromatic heterocycles. The lowest BCUT2D eigenvalue weighted by molar-refractivity contribution is -0.121. The number of rotatable bonds is 7. The van der Waals surface area contributed by atoms with E-state index in [1.165, 1.54) is 12.3 Å². The molecule has 3 aromatic rings. The van der Waals surface area contributed by atoms with Gasteiger partial charge in [0.15, 0.2) is 0 Å². The maximum Gasteiger partial charge on any atom is 0.244 e. The average molecular weight is 444 g/mol. The van der Waals surface area contributed by atoms with Crippen molar-refractivity contribution >= 4 is 46.8 Å². The minimum atomic E-state index is -0.419. The quantitative estimate of drug-likeness (QED) is 0.544. The number of nitrogens with zero attached hydrogens (tertiary/aromatic N) is 3. The number of pyridine rings is 1. The van der Waals surface area contributed by atoms with Crippen molar-refractivity contribution in [2.24, 2.45) is 0 Å². The number of hydrogen-bond acceptors (Lipinski definition) is 4. The molecule has 0 aliphatic rings. The number of halogens is 2. The molecular formula is C21H19Cl2N5O2. The number of carbonyl (C=O) groups excluding carboxylic acids is 2. The highest BCUT2D eigenvalue weighted by Crippen LogP contribution is 2.22. The van der Waals surface area contributed by atoms with E-state index in [0.717, 1.165) is 5.56 Å². The minimum absolute atomic E-state index is 0.166. The van der Waals surface area contributed by atoms with Crippen LogP contribution in [0.2, 0.25) is 10.2 Å². The lowest BCUT2D eigenvalue weighted by atomic mass is 10.2. The molecule has 2 N–H and O–H groups in total. The Balaban J connectivity index is 1.57. The molecule has 0 bridgehead atoms. The lowest BCUT2D eigenvalue weighted by Gasteiger charge is -2.05. The van der Waals surface area contributed by atoms with Crippen LogP contribution in [0.15, 0.2) is 54.9 Å². The van der Waals surface area contributed by atoms with Gasteiger partial charge in [-0.05, 0) is 42.8 Å². The number of hydrogen-bond donors (Lipinski definition) is 2. The summed E-state index contributed by atoms with van der Waals surface area (Å²) >= 11 is 12.3. The van der Waals surface area contributed by atoms with Gasteiger partial charge in [0.25, 0.3) is 0 Å². The molecule has 2 amide bonds. The Labute approximate surface area is 183 Å². The van der Waals surface area contributed by atoms with Crippen molar-refractivity contribution in [2.75, 3.05) is 11.9 Å². The molecule has 0 saturated carbocycles. The van der Waals surface area contributed by atoms with E-state index in [9.17, 15) is 9.59 Å². The number of benzene rings is 1. The summed E-state index contributed by atoms with van der Waals surface area (Å²) in [4.78, 5) is 27.8. The fourth-order valence-corrected chi connectivity index (χ4v) is 3.07. The maximum atomic E-state index is 12.1. The second-order valence-corrected chi connectivity index (χ2v) is 7.21. The highest BCUT2D eigenvalue weighted by Gasteiger charge is 2.12. The fourth-order valence-electron chi connectivity index (χ4n) is 2.65. The van der Waals surface area contributed by atoms with Crippen LogP contribution in [0.25, 0.3) is 6.08 Å². The van der Waals surface area contributed by atoms with Gasteiger partial charge in [-0.15, -0.1) is 0 Å². The first-order valence-corrected chi connectivity index (χ1v) is 9.81. The van der Waals surface area contributed by atoms with E-state index in [1.807, 2.05) is 19.1 Å². The monoisotopic (exact) mass is 443 g/mol. The fraction of sp³-hybridized carbons (Fsp3) is 0.143. The molecule has 1 aromatic carbocycles. The number of aryl methyl sites for hydroxylation is 1. The molecule has 3 rings (SSSR count). The van der Waals surface area contributed by atoms with E-state index in [-0.39, 0.29) is 12.5 Å². The predicted octanol–water partition coefficient (Wildman–Crippen LogP) is 3.71. The number of nitrogens with one attached hydrogen (secondary N) is 2. The van der Waals surface area contributed by atoms with E-state index < -0.39 is 5.91 Å². The van der Waals surface area contributed by atoms with Gasteiger partial charge < -0.3 is 10.6 Å². The Morgan fingerprint density at radius 1 is 1.17 bits per heavy atom. The maximum absolute atomic E-state index is 12.1. The molecule has 0 atom stereocenters. The summed E-state index contributed by atoms with van der Waals surface area (Å²) in [6, 6.07) is 10.8. The van der Waals surface area contributed by atoms with Gasteiger partial charge in [-0.1, -0.05) is 35.3 Å². The molecule has 0 aliphatic heterocycles. The van der Waals surface area contributed by atoms with Crippen LogP contribution >= 0.6 is 23.2 Å². The smallest absolute Gasteiger partial charge is 0.244 e. The van der Waals surface area contributed by atoms with Gasteiger partial charge in [0.05, 0.1) is 30.7 Å². The summed E-state index contributed by atoms with van der Waals surface area (Å²) in [6.45, 7) is 2.12. The van der Waals surface area contributed by atoms with Crippen molar-refractivity contribution in [2.45, 2.75) is 13.5 Å². The lowest BCUT2D eigenvalue weighted by Crippen LogP contribution is -2.31. The molecule has 0 aliphatic carbocycles. The topological polar surface area (TPSA) is 88.9 Å². The van der Waals surface area contributed by atoms with Crippen molar-refractivity contribution < 1.29 is 9.59 Å². The van der Waals surface area contributed by atoms with Crippen LogP contribution in [-0.2, 0) is 16.1 Å². The summed E-state index contributed by atoms with van der Waals surface area (Å²) < 4.78 is 1.65. The Morgan fingerprint density at radius 2 is 1.93 bits per heavy atom. The summed E-state index contributed by atoms with van der Waals surface area (Å²) in [5.41, 5.74) is 2.88. The van der Waals surface area contributed by atoms with Gasteiger partial charge in [-0.2, -0.15) is 5.10 Å².